The maximum atomic E-state index is 9.41. The molecule has 92 valence electrons. The second kappa shape index (κ2) is 8.12. The minimum absolute atomic E-state index is 0.127. The van der Waals surface area contributed by atoms with Crippen molar-refractivity contribution < 1.29 is 10.2 Å². The van der Waals surface area contributed by atoms with Crippen LogP contribution in [0.1, 0.15) is 59.3 Å². The Morgan fingerprint density at radius 3 is 1.93 bits per heavy atom. The Balaban J connectivity index is 3.99. The minimum Gasteiger partial charge on any atom is -0.396 e. The summed E-state index contributed by atoms with van der Waals surface area (Å²) in [5, 5.41) is 18.8. The van der Waals surface area contributed by atoms with E-state index in [-0.39, 0.29) is 18.6 Å². The van der Waals surface area contributed by atoms with Crippen molar-refractivity contribution in [2.45, 2.75) is 59.3 Å². The van der Waals surface area contributed by atoms with E-state index in [1.165, 1.54) is 6.42 Å². The first-order chi connectivity index (χ1) is 7.10. The smallest absolute Gasteiger partial charge is 0.0509 e. The van der Waals surface area contributed by atoms with Gasteiger partial charge in [-0.1, -0.05) is 46.5 Å². The van der Waals surface area contributed by atoms with E-state index in [0.29, 0.717) is 5.92 Å². The van der Waals surface area contributed by atoms with Crippen LogP contribution >= 0.6 is 0 Å². The topological polar surface area (TPSA) is 40.5 Å². The number of aliphatic hydroxyl groups is 2. The van der Waals surface area contributed by atoms with Gasteiger partial charge in [-0.05, 0) is 18.8 Å². The van der Waals surface area contributed by atoms with Gasteiger partial charge in [0.2, 0.25) is 0 Å². The molecule has 0 aliphatic rings. The molecule has 15 heavy (non-hydrogen) atoms. The molecule has 0 aromatic rings. The van der Waals surface area contributed by atoms with E-state index in [0.717, 1.165) is 32.1 Å². The summed E-state index contributed by atoms with van der Waals surface area (Å²) in [5.41, 5.74) is -0.217. The molecule has 2 N–H and O–H groups in total. The van der Waals surface area contributed by atoms with Gasteiger partial charge in [0, 0.05) is 5.41 Å². The maximum absolute atomic E-state index is 9.41. The first kappa shape index (κ1) is 14.9. The summed E-state index contributed by atoms with van der Waals surface area (Å²) >= 11 is 0. The Morgan fingerprint density at radius 1 is 1.00 bits per heavy atom. The van der Waals surface area contributed by atoms with Gasteiger partial charge in [0.05, 0.1) is 13.2 Å². The lowest BCUT2D eigenvalue weighted by molar-refractivity contribution is 0.0351. The van der Waals surface area contributed by atoms with Crippen molar-refractivity contribution >= 4 is 0 Å². The predicted molar refractivity (Wildman–Crippen MR) is 64.8 cm³/mol. The summed E-state index contributed by atoms with van der Waals surface area (Å²) in [6.45, 7) is 6.83. The van der Waals surface area contributed by atoms with Gasteiger partial charge in [0.15, 0.2) is 0 Å². The van der Waals surface area contributed by atoms with Crippen molar-refractivity contribution in [3.63, 3.8) is 0 Å². The van der Waals surface area contributed by atoms with E-state index < -0.39 is 0 Å². The van der Waals surface area contributed by atoms with E-state index in [1.807, 2.05) is 0 Å². The molecule has 2 nitrogen and oxygen atoms in total. The van der Waals surface area contributed by atoms with Crippen molar-refractivity contribution in [2.75, 3.05) is 13.2 Å². The molecule has 0 saturated heterocycles. The molecule has 0 radical (unpaired) electrons. The van der Waals surface area contributed by atoms with Crippen molar-refractivity contribution in [1.82, 2.24) is 0 Å². The van der Waals surface area contributed by atoms with Gasteiger partial charge in [-0.25, -0.2) is 0 Å². The number of unbranched alkanes of at least 4 members (excludes halogenated alkanes) is 1. The number of hydrogen-bond acceptors (Lipinski definition) is 2. The Kier molecular flexibility index (Phi) is 8.07. The molecule has 2 heteroatoms. The Hall–Kier alpha value is -0.0800. The third kappa shape index (κ3) is 6.16. The van der Waals surface area contributed by atoms with Crippen LogP contribution in [0.3, 0.4) is 0 Å². The summed E-state index contributed by atoms with van der Waals surface area (Å²) in [6, 6.07) is 0. The molecule has 0 fully saturated rings. The summed E-state index contributed by atoms with van der Waals surface area (Å²) in [6.07, 6.45) is 6.44. The molecular weight excluding hydrogens is 188 g/mol. The first-order valence-electron chi connectivity index (χ1n) is 6.32. The standard InChI is InChI=1S/C13H28O2/c1-4-5-8-13(10-14,11-15)9-6-7-12(2)3/h12,14-15H,4-11H2,1-3H3. The van der Waals surface area contributed by atoms with Crippen molar-refractivity contribution in [2.24, 2.45) is 11.3 Å². The van der Waals surface area contributed by atoms with Gasteiger partial charge < -0.3 is 10.2 Å². The van der Waals surface area contributed by atoms with Crippen LogP contribution in [-0.4, -0.2) is 23.4 Å². The summed E-state index contributed by atoms with van der Waals surface area (Å²) < 4.78 is 0. The highest BCUT2D eigenvalue weighted by atomic mass is 16.3. The quantitative estimate of drug-likeness (QED) is 0.622. The fourth-order valence-electron chi connectivity index (χ4n) is 1.93. The van der Waals surface area contributed by atoms with Crippen LogP contribution in [0.5, 0.6) is 0 Å². The predicted octanol–water partition coefficient (Wildman–Crippen LogP) is 2.97. The second-order valence-corrected chi connectivity index (χ2v) is 5.21. The molecule has 0 spiro atoms. The third-order valence-corrected chi connectivity index (χ3v) is 3.22. The molecular formula is C13H28O2. The molecule has 0 unspecified atom stereocenters. The van der Waals surface area contributed by atoms with Gasteiger partial charge in [0.1, 0.15) is 0 Å². The molecule has 0 rings (SSSR count). The molecule has 0 aliphatic carbocycles. The zero-order valence-corrected chi connectivity index (χ0v) is 10.6. The monoisotopic (exact) mass is 216 g/mol. The largest absolute Gasteiger partial charge is 0.396 e. The first-order valence-corrected chi connectivity index (χ1v) is 6.32. The van der Waals surface area contributed by atoms with E-state index in [4.69, 9.17) is 0 Å². The van der Waals surface area contributed by atoms with Crippen LogP contribution in [-0.2, 0) is 0 Å². The zero-order valence-electron chi connectivity index (χ0n) is 10.6. The Bertz CT molecular complexity index is 139. The fraction of sp³-hybridized carbons (Fsp3) is 1.00. The summed E-state index contributed by atoms with van der Waals surface area (Å²) in [4.78, 5) is 0. The Morgan fingerprint density at radius 2 is 1.53 bits per heavy atom. The molecule has 0 atom stereocenters. The van der Waals surface area contributed by atoms with Crippen LogP contribution in [0.25, 0.3) is 0 Å². The minimum atomic E-state index is -0.217. The van der Waals surface area contributed by atoms with Gasteiger partial charge in [0.25, 0.3) is 0 Å². The van der Waals surface area contributed by atoms with Crippen molar-refractivity contribution in [3.8, 4) is 0 Å². The van der Waals surface area contributed by atoms with Crippen LogP contribution in [0.15, 0.2) is 0 Å². The molecule has 0 saturated carbocycles. The van der Waals surface area contributed by atoms with Crippen molar-refractivity contribution in [1.29, 1.82) is 0 Å². The lowest BCUT2D eigenvalue weighted by atomic mass is 9.79. The average molecular weight is 216 g/mol. The highest BCUT2D eigenvalue weighted by Crippen LogP contribution is 2.30. The normalized spacial score (nSPS) is 12.4. The highest BCUT2D eigenvalue weighted by molar-refractivity contribution is 4.77. The van der Waals surface area contributed by atoms with Crippen LogP contribution in [0, 0.1) is 11.3 Å². The lowest BCUT2D eigenvalue weighted by Gasteiger charge is -2.30. The molecule has 0 aromatic heterocycles. The van der Waals surface area contributed by atoms with E-state index >= 15 is 0 Å². The van der Waals surface area contributed by atoms with Gasteiger partial charge >= 0.3 is 0 Å². The number of rotatable bonds is 9. The number of hydrogen-bond donors (Lipinski definition) is 2. The zero-order chi connectivity index (χ0) is 11.7. The molecule has 0 amide bonds. The van der Waals surface area contributed by atoms with Crippen LogP contribution < -0.4 is 0 Å². The van der Waals surface area contributed by atoms with Crippen LogP contribution in [0.4, 0.5) is 0 Å². The van der Waals surface area contributed by atoms with E-state index in [9.17, 15) is 10.2 Å². The van der Waals surface area contributed by atoms with Gasteiger partial charge in [-0.3, -0.25) is 0 Å². The highest BCUT2D eigenvalue weighted by Gasteiger charge is 2.27. The molecule has 0 aromatic carbocycles. The van der Waals surface area contributed by atoms with Crippen LogP contribution in [0.2, 0.25) is 0 Å². The van der Waals surface area contributed by atoms with Crippen molar-refractivity contribution in [3.05, 3.63) is 0 Å². The SMILES string of the molecule is CCCCC(CO)(CO)CCCC(C)C. The summed E-state index contributed by atoms with van der Waals surface area (Å²) in [5.74, 6) is 0.714. The fourth-order valence-corrected chi connectivity index (χ4v) is 1.93. The molecule has 0 bridgehead atoms. The maximum Gasteiger partial charge on any atom is 0.0509 e. The third-order valence-electron chi connectivity index (χ3n) is 3.22. The van der Waals surface area contributed by atoms with Gasteiger partial charge in [-0.15, -0.1) is 0 Å². The van der Waals surface area contributed by atoms with E-state index in [2.05, 4.69) is 20.8 Å². The Labute approximate surface area is 94.7 Å². The number of aliphatic hydroxyl groups excluding tert-OH is 2. The molecule has 0 heterocycles. The summed E-state index contributed by atoms with van der Waals surface area (Å²) in [7, 11) is 0. The van der Waals surface area contributed by atoms with E-state index in [1.54, 1.807) is 0 Å². The lowest BCUT2D eigenvalue weighted by Crippen LogP contribution is -2.30. The van der Waals surface area contributed by atoms with Gasteiger partial charge in [-0.2, -0.15) is 0 Å². The molecule has 0 aliphatic heterocycles. The average Bonchev–Trinajstić information content (AvgIpc) is 2.23. The second-order valence-electron chi connectivity index (χ2n) is 5.21.